The number of nitrogens with one attached hydrogen (secondary N) is 1. The Labute approximate surface area is 183 Å². The van der Waals surface area contributed by atoms with Crippen LogP contribution in [0.15, 0.2) is 66.7 Å². The fraction of sp³-hybridized carbons (Fsp3) is 0.250. The quantitative estimate of drug-likeness (QED) is 0.309. The maximum Gasteiger partial charge on any atom is 0.132 e. The van der Waals surface area contributed by atoms with Crippen LogP contribution in [0.1, 0.15) is 52.8 Å². The summed E-state index contributed by atoms with van der Waals surface area (Å²) in [6.45, 7) is 2.05. The number of phenols is 1. The first-order valence-corrected chi connectivity index (χ1v) is 11.0. The number of benzene rings is 3. The van der Waals surface area contributed by atoms with Gasteiger partial charge in [-0.15, -0.1) is 0 Å². The molecule has 4 aromatic rings. The SMILES string of the molecule is Cc1ccc(C(C#N)(c2ccc(O)cc2)c2ccc3c4c([nH]c3c2)CCCCC4)cc1. The number of nitriles is 1. The van der Waals surface area contributed by atoms with Crippen LogP contribution < -0.4 is 0 Å². The van der Waals surface area contributed by atoms with E-state index in [0.717, 1.165) is 40.6 Å². The Kier molecular flexibility index (Phi) is 4.79. The van der Waals surface area contributed by atoms with Gasteiger partial charge in [-0.2, -0.15) is 5.26 Å². The van der Waals surface area contributed by atoms with Gasteiger partial charge in [-0.1, -0.05) is 60.5 Å². The lowest BCUT2D eigenvalue weighted by Gasteiger charge is -2.29. The van der Waals surface area contributed by atoms with Crippen LogP contribution in [-0.4, -0.2) is 10.1 Å². The Morgan fingerprint density at radius 1 is 0.839 bits per heavy atom. The van der Waals surface area contributed by atoms with E-state index in [1.54, 1.807) is 12.1 Å². The summed E-state index contributed by atoms with van der Waals surface area (Å²) in [7, 11) is 0. The van der Waals surface area contributed by atoms with Crippen molar-refractivity contribution in [3.63, 3.8) is 0 Å². The molecule has 0 saturated heterocycles. The fourth-order valence-corrected chi connectivity index (χ4v) is 5.03. The second kappa shape index (κ2) is 7.63. The van der Waals surface area contributed by atoms with Crippen molar-refractivity contribution in [3.8, 4) is 11.8 Å². The lowest BCUT2D eigenvalue weighted by atomic mass is 9.70. The van der Waals surface area contributed by atoms with Crippen LogP contribution in [0.2, 0.25) is 0 Å². The average Bonchev–Trinajstić information content (AvgIpc) is 2.96. The minimum Gasteiger partial charge on any atom is -0.508 e. The molecule has 3 aromatic carbocycles. The number of aromatic hydroxyl groups is 1. The highest BCUT2D eigenvalue weighted by Crippen LogP contribution is 2.41. The topological polar surface area (TPSA) is 59.8 Å². The normalized spacial score (nSPS) is 15.6. The maximum atomic E-state index is 10.6. The highest BCUT2D eigenvalue weighted by molar-refractivity contribution is 5.86. The van der Waals surface area contributed by atoms with E-state index in [4.69, 9.17) is 0 Å². The zero-order valence-electron chi connectivity index (χ0n) is 17.8. The van der Waals surface area contributed by atoms with Gasteiger partial charge in [0.2, 0.25) is 0 Å². The Morgan fingerprint density at radius 3 is 2.19 bits per heavy atom. The van der Waals surface area contributed by atoms with Gasteiger partial charge in [-0.05, 0) is 73.1 Å². The molecule has 0 bridgehead atoms. The number of phenolic OH excluding ortho intramolecular Hbond substituents is 1. The van der Waals surface area contributed by atoms with E-state index in [-0.39, 0.29) is 5.75 Å². The van der Waals surface area contributed by atoms with Crippen molar-refractivity contribution in [2.24, 2.45) is 0 Å². The molecule has 0 aliphatic heterocycles. The third-order valence-corrected chi connectivity index (χ3v) is 6.73. The molecule has 154 valence electrons. The molecule has 1 aliphatic carbocycles. The van der Waals surface area contributed by atoms with Crippen molar-refractivity contribution in [2.75, 3.05) is 0 Å². The molecule has 0 amide bonds. The summed E-state index contributed by atoms with van der Waals surface area (Å²) in [5.74, 6) is 0.197. The highest BCUT2D eigenvalue weighted by Gasteiger charge is 2.37. The molecule has 1 heterocycles. The minimum atomic E-state index is -0.960. The highest BCUT2D eigenvalue weighted by atomic mass is 16.3. The lowest BCUT2D eigenvalue weighted by molar-refractivity contribution is 0.475. The molecule has 3 heteroatoms. The Hall–Kier alpha value is -3.51. The third-order valence-electron chi connectivity index (χ3n) is 6.73. The molecular formula is C28H26N2O. The molecule has 0 saturated carbocycles. The van der Waals surface area contributed by atoms with E-state index in [0.29, 0.717) is 0 Å². The number of hydrogen-bond acceptors (Lipinski definition) is 2. The van der Waals surface area contributed by atoms with E-state index in [2.05, 4.69) is 48.3 Å². The summed E-state index contributed by atoms with van der Waals surface area (Å²) in [4.78, 5) is 3.66. The van der Waals surface area contributed by atoms with Crippen molar-refractivity contribution >= 4 is 10.9 Å². The Morgan fingerprint density at radius 2 is 1.48 bits per heavy atom. The van der Waals surface area contributed by atoms with Gasteiger partial charge in [0.25, 0.3) is 0 Å². The standard InChI is InChI=1S/C28H26N2O/c1-19-7-9-20(10-8-19)28(18-29,21-11-14-23(31)15-12-21)22-13-16-25-24-5-3-2-4-6-26(24)30-27(25)17-22/h7-17,30-31H,2-6H2,1H3. The van der Waals surface area contributed by atoms with Gasteiger partial charge in [0.1, 0.15) is 11.2 Å². The van der Waals surface area contributed by atoms with Gasteiger partial charge in [0.05, 0.1) is 6.07 Å². The molecule has 1 aromatic heterocycles. The second-order valence-electron chi connectivity index (χ2n) is 8.68. The molecule has 5 rings (SSSR count). The van der Waals surface area contributed by atoms with Crippen LogP contribution in [0.4, 0.5) is 0 Å². The molecule has 3 nitrogen and oxygen atoms in total. The summed E-state index contributed by atoms with van der Waals surface area (Å²) in [6, 6.07) is 24.3. The zero-order chi connectivity index (χ0) is 21.4. The van der Waals surface area contributed by atoms with Crippen molar-refractivity contribution in [3.05, 3.63) is 100 Å². The molecule has 1 aliphatic rings. The van der Waals surface area contributed by atoms with Gasteiger partial charge in [0.15, 0.2) is 0 Å². The summed E-state index contributed by atoms with van der Waals surface area (Å²) in [6.07, 6.45) is 5.97. The first-order chi connectivity index (χ1) is 15.1. The van der Waals surface area contributed by atoms with Crippen molar-refractivity contribution in [1.82, 2.24) is 4.98 Å². The van der Waals surface area contributed by atoms with E-state index in [1.165, 1.54) is 35.9 Å². The maximum absolute atomic E-state index is 10.6. The van der Waals surface area contributed by atoms with Crippen LogP contribution in [0, 0.1) is 18.3 Å². The molecular weight excluding hydrogens is 380 g/mol. The molecule has 0 spiro atoms. The van der Waals surface area contributed by atoms with E-state index in [9.17, 15) is 10.4 Å². The first kappa shape index (κ1) is 19.5. The molecule has 31 heavy (non-hydrogen) atoms. The van der Waals surface area contributed by atoms with Gasteiger partial charge < -0.3 is 10.1 Å². The second-order valence-corrected chi connectivity index (χ2v) is 8.68. The number of aromatic nitrogens is 1. The third kappa shape index (κ3) is 3.20. The summed E-state index contributed by atoms with van der Waals surface area (Å²) in [5, 5.41) is 21.7. The van der Waals surface area contributed by atoms with Crippen LogP contribution in [0.5, 0.6) is 5.75 Å². The molecule has 1 atom stereocenters. The molecule has 0 fully saturated rings. The van der Waals surface area contributed by atoms with E-state index >= 15 is 0 Å². The summed E-state index contributed by atoms with van der Waals surface area (Å²) in [5.41, 5.74) is 6.82. The van der Waals surface area contributed by atoms with Crippen LogP contribution in [0.25, 0.3) is 10.9 Å². The number of nitrogens with zero attached hydrogens (tertiary/aromatic N) is 1. The van der Waals surface area contributed by atoms with E-state index in [1.807, 2.05) is 24.3 Å². The number of aryl methyl sites for hydroxylation is 3. The number of aromatic amines is 1. The van der Waals surface area contributed by atoms with Crippen LogP contribution >= 0.6 is 0 Å². The number of hydrogen-bond donors (Lipinski definition) is 2. The van der Waals surface area contributed by atoms with Gasteiger partial charge >= 0.3 is 0 Å². The van der Waals surface area contributed by atoms with Gasteiger partial charge in [-0.25, -0.2) is 0 Å². The summed E-state index contributed by atoms with van der Waals surface area (Å²) < 4.78 is 0. The van der Waals surface area contributed by atoms with Gasteiger partial charge in [0, 0.05) is 16.6 Å². The van der Waals surface area contributed by atoms with Crippen molar-refractivity contribution in [1.29, 1.82) is 5.26 Å². The molecule has 0 radical (unpaired) electrons. The largest absolute Gasteiger partial charge is 0.508 e. The minimum absolute atomic E-state index is 0.197. The lowest BCUT2D eigenvalue weighted by Crippen LogP contribution is -2.27. The van der Waals surface area contributed by atoms with Crippen molar-refractivity contribution < 1.29 is 5.11 Å². The van der Waals surface area contributed by atoms with E-state index < -0.39 is 5.41 Å². The van der Waals surface area contributed by atoms with Crippen LogP contribution in [-0.2, 0) is 18.3 Å². The first-order valence-electron chi connectivity index (χ1n) is 11.0. The van der Waals surface area contributed by atoms with Crippen LogP contribution in [0.3, 0.4) is 0 Å². The number of rotatable bonds is 3. The average molecular weight is 407 g/mol. The van der Waals surface area contributed by atoms with Crippen molar-refractivity contribution in [2.45, 2.75) is 44.4 Å². The smallest absolute Gasteiger partial charge is 0.132 e. The fourth-order valence-electron chi connectivity index (χ4n) is 5.03. The molecule has 1 unspecified atom stereocenters. The predicted octanol–water partition coefficient (Wildman–Crippen LogP) is 6.31. The summed E-state index contributed by atoms with van der Waals surface area (Å²) >= 11 is 0. The van der Waals surface area contributed by atoms with Gasteiger partial charge in [-0.3, -0.25) is 0 Å². The Balaban J connectivity index is 1.74. The monoisotopic (exact) mass is 406 g/mol. The number of H-pyrrole nitrogens is 1. The predicted molar refractivity (Wildman–Crippen MR) is 124 cm³/mol. The zero-order valence-corrected chi connectivity index (χ0v) is 17.8. The molecule has 2 N–H and O–H groups in total. The number of fused-ring (bicyclic) bond motifs is 3. The Bertz CT molecular complexity index is 1230.